The van der Waals surface area contributed by atoms with Crippen molar-refractivity contribution < 1.29 is 9.53 Å². The molecule has 0 aliphatic rings. The number of nitrogens with zero attached hydrogens (tertiary/aromatic N) is 2. The third kappa shape index (κ3) is 7.02. The maximum atomic E-state index is 12.5. The molecule has 1 aromatic rings. The first-order valence-electron chi connectivity index (χ1n) is 9.29. The predicted octanol–water partition coefficient (Wildman–Crippen LogP) is 3.19. The van der Waals surface area contributed by atoms with Gasteiger partial charge < -0.3 is 14.2 Å². The quantitative estimate of drug-likeness (QED) is 0.608. The molecule has 1 atom stereocenters. The normalized spacial score (nSPS) is 12.6. The Kier molecular flexibility index (Phi) is 8.90. The van der Waals surface area contributed by atoms with Crippen molar-refractivity contribution in [2.24, 2.45) is 5.92 Å². The van der Waals surface area contributed by atoms with Gasteiger partial charge in [-0.3, -0.25) is 4.79 Å². The summed E-state index contributed by atoms with van der Waals surface area (Å²) in [7, 11) is 4.05. The molecule has 0 saturated carbocycles. The Balaban J connectivity index is 3.15. The summed E-state index contributed by atoms with van der Waals surface area (Å²) in [5.41, 5.74) is 1.95. The first-order chi connectivity index (χ1) is 11.8. The molecule has 1 aromatic heterocycles. The van der Waals surface area contributed by atoms with Crippen LogP contribution in [-0.4, -0.2) is 42.7 Å². The van der Waals surface area contributed by atoms with Crippen LogP contribution in [0.5, 0.6) is 0 Å². The minimum atomic E-state index is -0.542. The molecule has 0 spiro atoms. The summed E-state index contributed by atoms with van der Waals surface area (Å²) in [6.45, 7) is 9.45. The van der Waals surface area contributed by atoms with E-state index in [1.165, 1.54) is 0 Å². The number of carbonyl (C=O) groups excluding carboxylic acids is 1. The SMILES string of the molecule is CCCOC(=O)C(CCC(C)C)n1cc(CCN(C)C)c(C)cc1=O. The van der Waals surface area contributed by atoms with Gasteiger partial charge in [-0.05, 0) is 63.7 Å². The van der Waals surface area contributed by atoms with Crippen LogP contribution >= 0.6 is 0 Å². The van der Waals surface area contributed by atoms with Gasteiger partial charge in [-0.2, -0.15) is 0 Å². The van der Waals surface area contributed by atoms with Crippen molar-refractivity contribution >= 4 is 5.97 Å². The summed E-state index contributed by atoms with van der Waals surface area (Å²) >= 11 is 0. The Morgan fingerprint density at radius 2 is 1.96 bits per heavy atom. The number of hydrogen-bond acceptors (Lipinski definition) is 4. The van der Waals surface area contributed by atoms with Gasteiger partial charge in [0.05, 0.1) is 6.61 Å². The Hall–Kier alpha value is -1.62. The summed E-state index contributed by atoms with van der Waals surface area (Å²) < 4.78 is 6.94. The lowest BCUT2D eigenvalue weighted by molar-refractivity contribution is -0.148. The molecule has 0 fully saturated rings. The van der Waals surface area contributed by atoms with E-state index in [1.54, 1.807) is 10.6 Å². The van der Waals surface area contributed by atoms with Gasteiger partial charge in [0.1, 0.15) is 6.04 Å². The molecule has 1 heterocycles. The summed E-state index contributed by atoms with van der Waals surface area (Å²) in [6.07, 6.45) is 4.98. The fraction of sp³-hybridized carbons (Fsp3) is 0.700. The van der Waals surface area contributed by atoms with Crippen molar-refractivity contribution in [2.45, 2.75) is 59.4 Å². The molecule has 0 aromatic carbocycles. The van der Waals surface area contributed by atoms with Gasteiger partial charge in [0.2, 0.25) is 0 Å². The molecule has 0 bridgehead atoms. The van der Waals surface area contributed by atoms with Crippen LogP contribution < -0.4 is 5.56 Å². The minimum Gasteiger partial charge on any atom is -0.464 e. The van der Waals surface area contributed by atoms with E-state index >= 15 is 0 Å². The Morgan fingerprint density at radius 1 is 1.28 bits per heavy atom. The average Bonchev–Trinajstić information content (AvgIpc) is 2.53. The largest absolute Gasteiger partial charge is 0.464 e. The number of hydrogen-bond donors (Lipinski definition) is 0. The van der Waals surface area contributed by atoms with Crippen LogP contribution in [0.1, 0.15) is 57.2 Å². The summed E-state index contributed by atoms with van der Waals surface area (Å²) in [5, 5.41) is 0. The highest BCUT2D eigenvalue weighted by Gasteiger charge is 2.24. The van der Waals surface area contributed by atoms with E-state index in [4.69, 9.17) is 4.74 Å². The van der Waals surface area contributed by atoms with Crippen molar-refractivity contribution in [3.8, 4) is 0 Å². The molecule has 1 rings (SSSR count). The molecule has 5 nitrogen and oxygen atoms in total. The number of ether oxygens (including phenoxy) is 1. The highest BCUT2D eigenvalue weighted by Crippen LogP contribution is 2.19. The fourth-order valence-corrected chi connectivity index (χ4v) is 2.70. The monoisotopic (exact) mass is 350 g/mol. The lowest BCUT2D eigenvalue weighted by Crippen LogP contribution is -2.32. The molecule has 1 unspecified atom stereocenters. The van der Waals surface area contributed by atoms with Crippen LogP contribution in [0.2, 0.25) is 0 Å². The van der Waals surface area contributed by atoms with Crippen LogP contribution in [0.3, 0.4) is 0 Å². The number of pyridine rings is 1. The zero-order chi connectivity index (χ0) is 19.0. The van der Waals surface area contributed by atoms with E-state index in [1.807, 2.05) is 34.1 Å². The van der Waals surface area contributed by atoms with E-state index in [2.05, 4.69) is 18.7 Å². The molecular weight excluding hydrogens is 316 g/mol. The number of aromatic nitrogens is 1. The highest BCUT2D eigenvalue weighted by molar-refractivity contribution is 5.74. The van der Waals surface area contributed by atoms with Crippen molar-refractivity contribution in [2.75, 3.05) is 27.2 Å². The van der Waals surface area contributed by atoms with Crippen LogP contribution in [0, 0.1) is 12.8 Å². The lowest BCUT2D eigenvalue weighted by Gasteiger charge is -2.21. The second-order valence-corrected chi connectivity index (χ2v) is 7.43. The second-order valence-electron chi connectivity index (χ2n) is 7.43. The molecule has 0 amide bonds. The van der Waals surface area contributed by atoms with Crippen LogP contribution in [0.25, 0.3) is 0 Å². The molecule has 0 radical (unpaired) electrons. The molecule has 0 saturated heterocycles. The van der Waals surface area contributed by atoms with E-state index < -0.39 is 6.04 Å². The topological polar surface area (TPSA) is 51.5 Å². The highest BCUT2D eigenvalue weighted by atomic mass is 16.5. The number of likely N-dealkylation sites (N-methyl/N-ethyl adjacent to an activating group) is 1. The van der Waals surface area contributed by atoms with Gasteiger partial charge in [-0.15, -0.1) is 0 Å². The molecule has 0 N–H and O–H groups in total. The Labute approximate surface area is 152 Å². The number of rotatable bonds is 10. The second kappa shape index (κ2) is 10.4. The predicted molar refractivity (Wildman–Crippen MR) is 102 cm³/mol. The van der Waals surface area contributed by atoms with Gasteiger partial charge in [0.15, 0.2) is 0 Å². The van der Waals surface area contributed by atoms with Gasteiger partial charge >= 0.3 is 5.97 Å². The zero-order valence-corrected chi connectivity index (χ0v) is 16.7. The molecule has 0 aliphatic heterocycles. The number of aryl methyl sites for hydroxylation is 1. The van der Waals surface area contributed by atoms with E-state index in [0.29, 0.717) is 18.9 Å². The molecular formula is C20H34N2O3. The third-order valence-corrected chi connectivity index (χ3v) is 4.30. The van der Waals surface area contributed by atoms with Crippen molar-refractivity contribution in [1.29, 1.82) is 0 Å². The van der Waals surface area contributed by atoms with Gasteiger partial charge in [-0.25, -0.2) is 4.79 Å². The number of carbonyl (C=O) groups is 1. The lowest BCUT2D eigenvalue weighted by atomic mass is 10.0. The van der Waals surface area contributed by atoms with Crippen LogP contribution in [0.4, 0.5) is 0 Å². The standard InChI is InChI=1S/C20H34N2O3/c1-7-12-25-20(24)18(9-8-15(2)3)22-14-17(10-11-21(5)6)16(4)13-19(22)23/h13-15,18H,7-12H2,1-6H3. The van der Waals surface area contributed by atoms with Gasteiger partial charge in [0.25, 0.3) is 5.56 Å². The molecule has 5 heteroatoms. The first kappa shape index (κ1) is 21.4. The van der Waals surface area contributed by atoms with Gasteiger partial charge in [-0.1, -0.05) is 20.8 Å². The maximum Gasteiger partial charge on any atom is 0.329 e. The maximum absolute atomic E-state index is 12.5. The van der Waals surface area contributed by atoms with Crippen molar-refractivity contribution in [1.82, 2.24) is 9.47 Å². The van der Waals surface area contributed by atoms with Crippen LogP contribution in [-0.2, 0) is 16.0 Å². The van der Waals surface area contributed by atoms with E-state index in [-0.39, 0.29) is 11.5 Å². The van der Waals surface area contributed by atoms with E-state index in [0.717, 1.165) is 36.9 Å². The summed E-state index contributed by atoms with van der Waals surface area (Å²) in [4.78, 5) is 27.2. The summed E-state index contributed by atoms with van der Waals surface area (Å²) in [5.74, 6) is 0.169. The van der Waals surface area contributed by atoms with Crippen molar-refractivity contribution in [3.05, 3.63) is 33.7 Å². The average molecular weight is 351 g/mol. The zero-order valence-electron chi connectivity index (χ0n) is 16.7. The van der Waals surface area contributed by atoms with E-state index in [9.17, 15) is 9.59 Å². The minimum absolute atomic E-state index is 0.131. The third-order valence-electron chi connectivity index (χ3n) is 4.30. The fourth-order valence-electron chi connectivity index (χ4n) is 2.70. The van der Waals surface area contributed by atoms with Gasteiger partial charge in [0, 0.05) is 18.8 Å². The molecule has 25 heavy (non-hydrogen) atoms. The first-order valence-corrected chi connectivity index (χ1v) is 9.29. The number of esters is 1. The van der Waals surface area contributed by atoms with Crippen molar-refractivity contribution in [3.63, 3.8) is 0 Å². The van der Waals surface area contributed by atoms with Crippen LogP contribution in [0.15, 0.2) is 17.1 Å². The Bertz CT molecular complexity index is 605. The summed E-state index contributed by atoms with van der Waals surface area (Å²) in [6, 6.07) is 1.10. The molecule has 142 valence electrons. The Morgan fingerprint density at radius 3 is 2.52 bits per heavy atom. The molecule has 0 aliphatic carbocycles. The smallest absolute Gasteiger partial charge is 0.329 e.